The number of nitrogens with zero attached hydrogens (tertiary/aromatic N) is 1. The second-order valence-corrected chi connectivity index (χ2v) is 6.69. The van der Waals surface area contributed by atoms with Crippen molar-refractivity contribution in [2.75, 3.05) is 13.2 Å². The Hall–Kier alpha value is -2.92. The minimum absolute atomic E-state index is 0.214. The van der Waals surface area contributed by atoms with Gasteiger partial charge in [-0.05, 0) is 42.1 Å². The third-order valence-electron chi connectivity index (χ3n) is 4.87. The lowest BCUT2D eigenvalue weighted by molar-refractivity contribution is -0.893. The number of terminal acetylenes is 1. The highest BCUT2D eigenvalue weighted by atomic mass is 15.6. The Bertz CT molecular complexity index is 858. The molecule has 0 aromatic carbocycles. The maximum Gasteiger partial charge on any atom is 0.146 e. The van der Waals surface area contributed by atoms with Gasteiger partial charge in [-0.15, -0.1) is 6.42 Å². The van der Waals surface area contributed by atoms with Crippen LogP contribution in [0.25, 0.3) is 5.43 Å². The maximum absolute atomic E-state index is 5.52. The summed E-state index contributed by atoms with van der Waals surface area (Å²) in [6.07, 6.45) is 24.7. The Morgan fingerprint density at radius 1 is 1.23 bits per heavy atom. The van der Waals surface area contributed by atoms with Crippen molar-refractivity contribution in [3.8, 4) is 24.2 Å². The van der Waals surface area contributed by atoms with Crippen molar-refractivity contribution < 1.29 is 5.01 Å². The third kappa shape index (κ3) is 3.68. The number of nitrogens with one attached hydrogen (secondary N) is 3. The largest absolute Gasteiger partial charge is 0.477 e. The fraction of sp³-hybridized carbons (Fsp3) is 0.273. The van der Waals surface area contributed by atoms with E-state index in [2.05, 4.69) is 52.7 Å². The second kappa shape index (κ2) is 7.54. The predicted octanol–water partition coefficient (Wildman–Crippen LogP) is 1.44. The zero-order valence-electron chi connectivity index (χ0n) is 14.6. The first-order valence-electron chi connectivity index (χ1n) is 9.05. The van der Waals surface area contributed by atoms with Gasteiger partial charge >= 0.3 is 0 Å². The molecule has 0 spiro atoms. The van der Waals surface area contributed by atoms with Crippen molar-refractivity contribution in [3.63, 3.8) is 0 Å². The van der Waals surface area contributed by atoms with E-state index < -0.39 is 0 Å². The molecule has 4 aliphatic rings. The molecule has 1 fully saturated rings. The van der Waals surface area contributed by atoms with Crippen LogP contribution in [0.15, 0.2) is 71.1 Å². The van der Waals surface area contributed by atoms with Crippen LogP contribution in [0.1, 0.15) is 12.8 Å². The summed E-state index contributed by atoms with van der Waals surface area (Å²) < 4.78 is 0. The van der Waals surface area contributed by atoms with Crippen LogP contribution in [-0.2, 0) is 0 Å². The van der Waals surface area contributed by atoms with E-state index in [1.165, 1.54) is 12.0 Å². The van der Waals surface area contributed by atoms with E-state index in [4.69, 9.17) is 11.8 Å². The summed E-state index contributed by atoms with van der Waals surface area (Å²) in [7, 11) is 0. The van der Waals surface area contributed by atoms with Crippen LogP contribution in [0.4, 0.5) is 0 Å². The molecular formula is C22H22N4. The van der Waals surface area contributed by atoms with Crippen LogP contribution in [-0.4, -0.2) is 19.4 Å². The second-order valence-electron chi connectivity index (χ2n) is 6.69. The lowest BCUT2D eigenvalue weighted by Gasteiger charge is -2.39. The molecule has 2 aliphatic carbocycles. The van der Waals surface area contributed by atoms with Gasteiger partial charge in [0.1, 0.15) is 12.8 Å². The van der Waals surface area contributed by atoms with Gasteiger partial charge in [-0.2, -0.15) is 0 Å². The molecule has 0 amide bonds. The molecule has 26 heavy (non-hydrogen) atoms. The summed E-state index contributed by atoms with van der Waals surface area (Å²) in [5.74, 6) is 9.37. The molecule has 4 rings (SSSR count). The SMILES string of the molecule is C#CC1=CC=CC2C=C(C#CC3=CNC[NH+]([C@@H]4CCCN4)[N-]3)C=CC2=C1. The number of quaternary nitrogens is 1. The Morgan fingerprint density at radius 2 is 2.19 bits per heavy atom. The van der Waals surface area contributed by atoms with Crippen molar-refractivity contribution >= 4 is 0 Å². The summed E-state index contributed by atoms with van der Waals surface area (Å²) in [5.41, 5.74) is 8.62. The van der Waals surface area contributed by atoms with Gasteiger partial charge in [-0.25, -0.2) is 0 Å². The van der Waals surface area contributed by atoms with E-state index in [0.717, 1.165) is 41.5 Å². The van der Waals surface area contributed by atoms with Gasteiger partial charge in [0.05, 0.1) is 0 Å². The molecule has 3 atom stereocenters. The normalized spacial score (nSPS) is 29.3. The molecule has 1 saturated heterocycles. The molecule has 0 aromatic heterocycles. The van der Waals surface area contributed by atoms with Gasteiger partial charge in [0.2, 0.25) is 0 Å². The summed E-state index contributed by atoms with van der Waals surface area (Å²) in [5, 5.41) is 7.95. The summed E-state index contributed by atoms with van der Waals surface area (Å²) in [4.78, 5) is 0. The summed E-state index contributed by atoms with van der Waals surface area (Å²) >= 11 is 0. The van der Waals surface area contributed by atoms with Crippen LogP contribution in [0.5, 0.6) is 0 Å². The van der Waals surface area contributed by atoms with Crippen LogP contribution >= 0.6 is 0 Å². The van der Waals surface area contributed by atoms with Crippen LogP contribution in [0, 0.1) is 30.1 Å². The van der Waals surface area contributed by atoms with Crippen molar-refractivity contribution in [1.29, 1.82) is 0 Å². The predicted molar refractivity (Wildman–Crippen MR) is 104 cm³/mol. The zero-order chi connectivity index (χ0) is 17.8. The van der Waals surface area contributed by atoms with E-state index in [1.54, 1.807) is 0 Å². The Morgan fingerprint density at radius 3 is 3.04 bits per heavy atom. The molecule has 3 N–H and O–H groups in total. The topological polar surface area (TPSA) is 42.6 Å². The van der Waals surface area contributed by atoms with E-state index in [0.29, 0.717) is 6.17 Å². The Balaban J connectivity index is 1.45. The Labute approximate surface area is 155 Å². The molecular weight excluding hydrogens is 320 g/mol. The van der Waals surface area contributed by atoms with E-state index >= 15 is 0 Å². The van der Waals surface area contributed by atoms with E-state index in [9.17, 15) is 0 Å². The number of hydrogen-bond acceptors (Lipinski definition) is 2. The fourth-order valence-corrected chi connectivity index (χ4v) is 3.48. The summed E-state index contributed by atoms with van der Waals surface area (Å²) in [6, 6.07) is 0. The van der Waals surface area contributed by atoms with Crippen molar-refractivity contribution in [3.05, 3.63) is 76.6 Å². The molecule has 0 radical (unpaired) electrons. The molecule has 2 unspecified atom stereocenters. The molecule has 130 valence electrons. The number of rotatable bonds is 1. The number of allylic oxidation sites excluding steroid dienone is 11. The van der Waals surface area contributed by atoms with Crippen LogP contribution in [0.3, 0.4) is 0 Å². The minimum atomic E-state index is 0.214. The minimum Gasteiger partial charge on any atom is -0.477 e. The average molecular weight is 342 g/mol. The van der Waals surface area contributed by atoms with Gasteiger partial charge < -0.3 is 15.8 Å². The molecule has 2 heterocycles. The van der Waals surface area contributed by atoms with Gasteiger partial charge in [0.25, 0.3) is 0 Å². The van der Waals surface area contributed by atoms with Crippen molar-refractivity contribution in [2.45, 2.75) is 19.0 Å². The Kier molecular flexibility index (Phi) is 4.80. The fourth-order valence-electron chi connectivity index (χ4n) is 3.48. The molecule has 2 aliphatic heterocycles. The summed E-state index contributed by atoms with van der Waals surface area (Å²) in [6.45, 7) is 1.88. The lowest BCUT2D eigenvalue weighted by Crippen LogP contribution is -3.15. The van der Waals surface area contributed by atoms with Crippen LogP contribution in [0.2, 0.25) is 0 Å². The van der Waals surface area contributed by atoms with Gasteiger partial charge in [0.15, 0.2) is 0 Å². The van der Waals surface area contributed by atoms with Crippen molar-refractivity contribution in [2.24, 2.45) is 5.92 Å². The van der Waals surface area contributed by atoms with Gasteiger partial charge in [-0.3, -0.25) is 5.32 Å². The first-order valence-corrected chi connectivity index (χ1v) is 9.05. The van der Waals surface area contributed by atoms with E-state index in [-0.39, 0.29) is 5.92 Å². The highest BCUT2D eigenvalue weighted by Gasteiger charge is 2.22. The van der Waals surface area contributed by atoms with E-state index in [1.807, 2.05) is 24.4 Å². The average Bonchev–Trinajstić information content (AvgIpc) is 3.14. The molecule has 0 aromatic rings. The quantitative estimate of drug-likeness (QED) is 0.632. The van der Waals surface area contributed by atoms with Gasteiger partial charge in [0, 0.05) is 30.0 Å². The lowest BCUT2D eigenvalue weighted by atomic mass is 9.90. The standard InChI is InChI=1S/C22H22N4/c1-2-17-5-3-6-19-14-18(8-10-20(19)13-17)9-11-21-15-23-16-26(25-21)22-7-4-12-24-22/h1,3,5-6,8,10,13-15,19,22-24,26H,4,7,12,16H2/t19?,22-/m1/s1. The maximum atomic E-state index is 5.52. The van der Waals surface area contributed by atoms with Gasteiger partial charge in [-0.1, -0.05) is 42.1 Å². The molecule has 0 saturated carbocycles. The number of hydrogen-bond donors (Lipinski definition) is 3. The molecule has 4 nitrogen and oxygen atoms in total. The third-order valence-corrected chi connectivity index (χ3v) is 4.87. The first-order chi connectivity index (χ1) is 12.8. The molecule has 4 heteroatoms. The number of fused-ring (bicyclic) bond motifs is 1. The smallest absolute Gasteiger partial charge is 0.146 e. The van der Waals surface area contributed by atoms with Crippen molar-refractivity contribution in [1.82, 2.24) is 10.6 Å². The monoisotopic (exact) mass is 342 g/mol. The highest BCUT2D eigenvalue weighted by molar-refractivity contribution is 5.55. The molecule has 0 bridgehead atoms. The first kappa shape index (κ1) is 16.5. The zero-order valence-corrected chi connectivity index (χ0v) is 14.6. The highest BCUT2D eigenvalue weighted by Crippen LogP contribution is 2.26. The van der Waals surface area contributed by atoms with Crippen LogP contribution < -0.4 is 15.6 Å².